The molecule has 0 fully saturated rings. The van der Waals surface area contributed by atoms with Crippen molar-refractivity contribution in [3.05, 3.63) is 122 Å². The van der Waals surface area contributed by atoms with Gasteiger partial charge in [0.15, 0.2) is 43.3 Å². The van der Waals surface area contributed by atoms with E-state index in [-0.39, 0.29) is 65.0 Å². The van der Waals surface area contributed by atoms with Crippen LogP contribution in [0.2, 0.25) is 23.2 Å². The molecule has 1 unspecified atom stereocenters. The summed E-state index contributed by atoms with van der Waals surface area (Å²) in [5, 5.41) is 16.4. The molecule has 3 aliphatic rings. The van der Waals surface area contributed by atoms with Gasteiger partial charge in [0.05, 0.1) is 22.2 Å². The van der Waals surface area contributed by atoms with Crippen molar-refractivity contribution < 1.29 is 42.3 Å². The summed E-state index contributed by atoms with van der Waals surface area (Å²) in [6.07, 6.45) is 0.528. The van der Waals surface area contributed by atoms with Crippen molar-refractivity contribution >= 4 is 37.8 Å². The van der Waals surface area contributed by atoms with Gasteiger partial charge in [-0.3, -0.25) is 19.3 Å². The average molecular weight is 787 g/mol. The van der Waals surface area contributed by atoms with Crippen molar-refractivity contribution in [3.8, 4) is 11.6 Å². The smallest absolute Gasteiger partial charge is 0.265 e. The second-order valence-corrected chi connectivity index (χ2v) is 21.4. The van der Waals surface area contributed by atoms with Gasteiger partial charge in [-0.2, -0.15) is 0 Å². The van der Waals surface area contributed by atoms with Crippen molar-refractivity contribution in [1.82, 2.24) is 10.1 Å². The van der Waals surface area contributed by atoms with E-state index in [0.29, 0.717) is 11.8 Å². The normalized spacial score (nSPS) is 22.2. The molecule has 13 heteroatoms. The molecular formula is C42H44ClFN2O8Si. The van der Waals surface area contributed by atoms with Gasteiger partial charge in [0.2, 0.25) is 5.78 Å². The van der Waals surface area contributed by atoms with Crippen LogP contribution in [-0.4, -0.2) is 61.0 Å². The molecule has 0 saturated carbocycles. The van der Waals surface area contributed by atoms with Gasteiger partial charge in [0.25, 0.3) is 5.88 Å². The fraction of sp³-hybridized carbons (Fsp3) is 0.381. The molecule has 1 aromatic heterocycles. The summed E-state index contributed by atoms with van der Waals surface area (Å²) >= 11 is 6.73. The monoisotopic (exact) mass is 786 g/mol. The Kier molecular flexibility index (Phi) is 9.94. The third-order valence-electron chi connectivity index (χ3n) is 11.7. The third-order valence-corrected chi connectivity index (χ3v) is 16.6. The van der Waals surface area contributed by atoms with Crippen LogP contribution in [0, 0.1) is 17.7 Å². The predicted octanol–water partition coefficient (Wildman–Crippen LogP) is 8.88. The molecule has 3 aromatic carbocycles. The first-order valence-corrected chi connectivity index (χ1v) is 21.5. The molecule has 0 radical (unpaired) electrons. The fourth-order valence-electron chi connectivity index (χ4n) is 8.00. The third kappa shape index (κ3) is 6.23. The molecule has 55 heavy (non-hydrogen) atoms. The van der Waals surface area contributed by atoms with E-state index in [9.17, 15) is 14.7 Å². The van der Waals surface area contributed by atoms with Gasteiger partial charge in [-0.15, -0.1) is 0 Å². The summed E-state index contributed by atoms with van der Waals surface area (Å²) in [6, 6.07) is 17.7. The van der Waals surface area contributed by atoms with Crippen LogP contribution in [0.4, 0.5) is 4.39 Å². The van der Waals surface area contributed by atoms with E-state index in [4.69, 9.17) is 30.0 Å². The lowest BCUT2D eigenvalue weighted by Crippen LogP contribution is -2.65. The summed E-state index contributed by atoms with van der Waals surface area (Å²) in [4.78, 5) is 44.5. The second-order valence-electron chi connectivity index (χ2n) is 16.3. The molecule has 4 atom stereocenters. The number of allylic oxidation sites excluding steroid dienone is 1. The van der Waals surface area contributed by atoms with Crippen LogP contribution in [0.5, 0.6) is 11.6 Å². The van der Waals surface area contributed by atoms with Gasteiger partial charge in [0, 0.05) is 11.5 Å². The molecule has 10 nitrogen and oxygen atoms in total. The van der Waals surface area contributed by atoms with Crippen molar-refractivity contribution in [1.29, 1.82) is 0 Å². The minimum Gasteiger partial charge on any atom is -0.508 e. The first kappa shape index (κ1) is 38.6. The fourth-order valence-corrected chi connectivity index (χ4v) is 9.75. The average Bonchev–Trinajstić information content (AvgIpc) is 3.56. The molecule has 0 aliphatic heterocycles. The van der Waals surface area contributed by atoms with E-state index in [0.717, 1.165) is 5.56 Å². The summed E-state index contributed by atoms with van der Waals surface area (Å²) in [6.45, 7) is 9.97. The van der Waals surface area contributed by atoms with E-state index in [2.05, 4.69) is 5.16 Å². The first-order valence-electron chi connectivity index (χ1n) is 18.2. The van der Waals surface area contributed by atoms with Crippen molar-refractivity contribution in [3.63, 3.8) is 0 Å². The maximum atomic E-state index is 16.2. The Morgan fingerprint density at radius 1 is 1.02 bits per heavy atom. The Labute approximate surface area is 325 Å². The number of aromatic nitrogens is 1. The first-order chi connectivity index (χ1) is 26.0. The zero-order valence-corrected chi connectivity index (χ0v) is 33.6. The predicted molar refractivity (Wildman–Crippen MR) is 206 cm³/mol. The van der Waals surface area contributed by atoms with Crippen molar-refractivity contribution in [2.75, 3.05) is 14.1 Å². The van der Waals surface area contributed by atoms with Gasteiger partial charge in [-0.05, 0) is 72.8 Å². The number of carbonyl (C=O) groups excluding carboxylic acids is 3. The lowest BCUT2D eigenvalue weighted by molar-refractivity contribution is -0.0480. The highest BCUT2D eigenvalue weighted by atomic mass is 35.5. The van der Waals surface area contributed by atoms with E-state index >= 15 is 9.18 Å². The van der Waals surface area contributed by atoms with Gasteiger partial charge in [-0.1, -0.05) is 93.0 Å². The summed E-state index contributed by atoms with van der Waals surface area (Å²) < 4.78 is 41.5. The Bertz CT molecular complexity index is 2220. The van der Waals surface area contributed by atoms with Gasteiger partial charge >= 0.3 is 0 Å². The maximum Gasteiger partial charge on any atom is 0.265 e. The molecule has 4 aromatic rings. The number of benzene rings is 3. The van der Waals surface area contributed by atoms with Crippen LogP contribution in [0.1, 0.15) is 86.8 Å². The van der Waals surface area contributed by atoms with E-state index in [1.165, 1.54) is 0 Å². The molecule has 288 valence electrons. The van der Waals surface area contributed by atoms with Gasteiger partial charge < -0.3 is 23.5 Å². The number of carbonyl (C=O) groups is 3. The number of fused-ring (bicyclic) bond motifs is 4. The minimum absolute atomic E-state index is 0.0236. The quantitative estimate of drug-likeness (QED) is 0.123. The molecule has 1 N–H and O–H groups in total. The number of halogens is 2. The van der Waals surface area contributed by atoms with Crippen LogP contribution in [0.15, 0.2) is 76.5 Å². The summed E-state index contributed by atoms with van der Waals surface area (Å²) in [5.74, 6) is -4.75. The molecule has 0 bridgehead atoms. The van der Waals surface area contributed by atoms with Crippen LogP contribution in [0.3, 0.4) is 0 Å². The SMILES string of the molecule is CN(C)[C@@H]1c2onc(OCc3ccccc3)c2C(=O)C2(O[Si](C)(C)C(C)(C)C)C(O)=C3C(=O)c4c(c(Cl)c(C=O)c(F)c4OCc4ccccc4)C[C@H]3C[C@@H]12. The lowest BCUT2D eigenvalue weighted by Gasteiger charge is -2.55. The molecule has 7 rings (SSSR count). The Hall–Kier alpha value is -4.62. The number of hydrogen-bond donors (Lipinski definition) is 1. The number of aliphatic hydroxyl groups excluding tert-OH is 1. The number of ketones is 2. The van der Waals surface area contributed by atoms with E-state index in [1.807, 2.05) is 89.3 Å². The topological polar surface area (TPSA) is 128 Å². The number of aldehydes is 1. The Balaban J connectivity index is 1.44. The van der Waals surface area contributed by atoms with E-state index < -0.39 is 71.3 Å². The van der Waals surface area contributed by atoms with Crippen LogP contribution < -0.4 is 9.47 Å². The Morgan fingerprint density at radius 3 is 2.18 bits per heavy atom. The molecule has 3 aliphatic carbocycles. The number of Topliss-reactive ketones (excluding diaryl/α,β-unsaturated/α-hetero) is 2. The molecular weight excluding hydrogens is 743 g/mol. The molecule has 0 amide bonds. The zero-order valence-electron chi connectivity index (χ0n) is 31.9. The standard InChI is InChI=1S/C42H44ClFN2O8Si/c1-41(2,3)55(6,7)54-42-28(34(46(4)5)37-31(39(42)50)40(45-53-37)52-22-24-16-12-9-13-17-24)19-25-18-26-30(35(48)29(25)38(42)49)36(33(44)27(20-47)32(26)43)51-21-23-14-10-8-11-15-23/h8-17,20,25,28,34,49H,18-19,21-22H2,1-7H3/t25-,28-,34-,42?/m0/s1. The van der Waals surface area contributed by atoms with Crippen molar-refractivity contribution in [2.24, 2.45) is 11.8 Å². The second kappa shape index (κ2) is 14.1. The highest BCUT2D eigenvalue weighted by Crippen LogP contribution is 2.60. The number of nitrogens with zero attached hydrogens (tertiary/aromatic N) is 2. The number of hydrogen-bond acceptors (Lipinski definition) is 10. The lowest BCUT2D eigenvalue weighted by atomic mass is 9.58. The van der Waals surface area contributed by atoms with Crippen LogP contribution >= 0.6 is 11.6 Å². The van der Waals surface area contributed by atoms with Crippen molar-refractivity contribution in [2.45, 2.75) is 76.6 Å². The number of ether oxygens (including phenoxy) is 2. The molecule has 0 spiro atoms. The highest BCUT2D eigenvalue weighted by molar-refractivity contribution is 6.74. The minimum atomic E-state index is -2.97. The molecule has 0 saturated heterocycles. The summed E-state index contributed by atoms with van der Waals surface area (Å²) in [7, 11) is 0.693. The number of rotatable bonds is 10. The zero-order chi connectivity index (χ0) is 39.6. The maximum absolute atomic E-state index is 16.2. The summed E-state index contributed by atoms with van der Waals surface area (Å²) in [5.41, 5.74) is -0.993. The van der Waals surface area contributed by atoms with Crippen LogP contribution in [-0.2, 0) is 24.1 Å². The van der Waals surface area contributed by atoms with Gasteiger partial charge in [0.1, 0.15) is 24.5 Å². The highest BCUT2D eigenvalue weighted by Gasteiger charge is 2.67. The largest absolute Gasteiger partial charge is 0.508 e. The van der Waals surface area contributed by atoms with Gasteiger partial charge in [-0.25, -0.2) is 4.39 Å². The van der Waals surface area contributed by atoms with Crippen LogP contribution in [0.25, 0.3) is 0 Å². The molecule has 1 heterocycles. The number of aliphatic hydroxyl groups is 1. The van der Waals surface area contributed by atoms with E-state index in [1.54, 1.807) is 24.3 Å². The Morgan fingerprint density at radius 2 is 1.62 bits per heavy atom.